The van der Waals surface area contributed by atoms with Crippen molar-refractivity contribution in [3.8, 4) is 11.3 Å². The SMILES string of the molecule is Cn1c(N)nc(CCCCc2ccc(-c3ccco3)cc2)cc1=O. The molecule has 0 saturated carbocycles. The highest BCUT2D eigenvalue weighted by atomic mass is 16.3. The third-order valence-electron chi connectivity index (χ3n) is 4.13. The van der Waals surface area contributed by atoms with Crippen LogP contribution in [0, 0.1) is 0 Å². The van der Waals surface area contributed by atoms with E-state index in [9.17, 15) is 4.79 Å². The fourth-order valence-corrected chi connectivity index (χ4v) is 2.65. The van der Waals surface area contributed by atoms with Crippen molar-refractivity contribution in [3.63, 3.8) is 0 Å². The molecule has 0 amide bonds. The van der Waals surface area contributed by atoms with E-state index in [2.05, 4.69) is 29.2 Å². The minimum absolute atomic E-state index is 0.106. The quantitative estimate of drug-likeness (QED) is 0.707. The van der Waals surface area contributed by atoms with Gasteiger partial charge in [0.1, 0.15) is 5.76 Å². The lowest BCUT2D eigenvalue weighted by molar-refractivity contribution is 0.582. The molecule has 0 aliphatic rings. The molecule has 5 nitrogen and oxygen atoms in total. The van der Waals surface area contributed by atoms with Crippen LogP contribution in [0.4, 0.5) is 5.95 Å². The average molecular weight is 323 g/mol. The Morgan fingerprint density at radius 3 is 2.54 bits per heavy atom. The molecule has 0 spiro atoms. The van der Waals surface area contributed by atoms with E-state index in [-0.39, 0.29) is 11.5 Å². The lowest BCUT2D eigenvalue weighted by Crippen LogP contribution is -2.21. The molecule has 0 bridgehead atoms. The molecule has 1 aromatic carbocycles. The molecule has 0 atom stereocenters. The molecule has 0 aliphatic heterocycles. The van der Waals surface area contributed by atoms with Crippen LogP contribution in [-0.2, 0) is 19.9 Å². The Morgan fingerprint density at radius 2 is 1.88 bits per heavy atom. The van der Waals surface area contributed by atoms with Gasteiger partial charge in [-0.25, -0.2) is 4.98 Å². The fourth-order valence-electron chi connectivity index (χ4n) is 2.65. The first-order valence-electron chi connectivity index (χ1n) is 8.09. The minimum Gasteiger partial charge on any atom is -0.464 e. The zero-order valence-corrected chi connectivity index (χ0v) is 13.7. The van der Waals surface area contributed by atoms with E-state index in [4.69, 9.17) is 10.2 Å². The molecule has 0 unspecified atom stereocenters. The van der Waals surface area contributed by atoms with Crippen LogP contribution >= 0.6 is 0 Å². The molecule has 24 heavy (non-hydrogen) atoms. The molecule has 0 saturated heterocycles. The van der Waals surface area contributed by atoms with Gasteiger partial charge in [-0.15, -0.1) is 0 Å². The van der Waals surface area contributed by atoms with Gasteiger partial charge in [0.2, 0.25) is 5.95 Å². The van der Waals surface area contributed by atoms with Crippen LogP contribution in [0.2, 0.25) is 0 Å². The van der Waals surface area contributed by atoms with E-state index >= 15 is 0 Å². The summed E-state index contributed by atoms with van der Waals surface area (Å²) in [5.41, 5.74) is 8.76. The molecule has 2 heterocycles. The number of benzene rings is 1. The Hall–Kier alpha value is -2.82. The highest BCUT2D eigenvalue weighted by molar-refractivity contribution is 5.57. The molecule has 5 heteroatoms. The van der Waals surface area contributed by atoms with Crippen LogP contribution in [0.15, 0.2) is 57.9 Å². The second-order valence-electron chi connectivity index (χ2n) is 5.88. The summed E-state index contributed by atoms with van der Waals surface area (Å²) in [6, 6.07) is 13.8. The molecule has 3 aromatic rings. The van der Waals surface area contributed by atoms with Gasteiger partial charge in [-0.2, -0.15) is 0 Å². The zero-order valence-electron chi connectivity index (χ0n) is 13.7. The van der Waals surface area contributed by atoms with Crippen molar-refractivity contribution in [1.29, 1.82) is 0 Å². The van der Waals surface area contributed by atoms with Crippen molar-refractivity contribution in [1.82, 2.24) is 9.55 Å². The number of unbranched alkanes of at least 4 members (excludes halogenated alkanes) is 1. The molecule has 0 aliphatic carbocycles. The largest absolute Gasteiger partial charge is 0.464 e. The van der Waals surface area contributed by atoms with Crippen LogP contribution in [0.25, 0.3) is 11.3 Å². The first kappa shape index (κ1) is 16.1. The topological polar surface area (TPSA) is 74.1 Å². The van der Waals surface area contributed by atoms with Gasteiger partial charge in [0.05, 0.1) is 6.26 Å². The third kappa shape index (κ3) is 3.74. The van der Waals surface area contributed by atoms with Gasteiger partial charge in [-0.3, -0.25) is 9.36 Å². The maximum atomic E-state index is 11.7. The normalized spacial score (nSPS) is 10.9. The number of hydrogen-bond acceptors (Lipinski definition) is 4. The van der Waals surface area contributed by atoms with E-state index in [1.54, 1.807) is 19.4 Å². The van der Waals surface area contributed by atoms with Crippen LogP contribution in [-0.4, -0.2) is 9.55 Å². The number of furan rings is 1. The van der Waals surface area contributed by atoms with Gasteiger partial charge in [0, 0.05) is 24.4 Å². The van der Waals surface area contributed by atoms with Crippen LogP contribution < -0.4 is 11.3 Å². The van der Waals surface area contributed by atoms with Crippen molar-refractivity contribution < 1.29 is 4.42 Å². The summed E-state index contributed by atoms with van der Waals surface area (Å²) in [4.78, 5) is 15.9. The number of aromatic nitrogens is 2. The van der Waals surface area contributed by atoms with E-state index in [1.165, 1.54) is 10.1 Å². The summed E-state index contributed by atoms with van der Waals surface area (Å²) in [6.45, 7) is 0. The summed E-state index contributed by atoms with van der Waals surface area (Å²) in [5.74, 6) is 1.15. The Kier molecular flexibility index (Phi) is 4.79. The number of aryl methyl sites for hydroxylation is 2. The summed E-state index contributed by atoms with van der Waals surface area (Å²) in [6.07, 6.45) is 5.46. The summed E-state index contributed by atoms with van der Waals surface area (Å²) < 4.78 is 6.74. The molecule has 2 N–H and O–H groups in total. The molecular weight excluding hydrogens is 302 g/mol. The molecule has 3 rings (SSSR count). The molecular formula is C19H21N3O2. The Balaban J connectivity index is 1.51. The maximum absolute atomic E-state index is 11.7. The van der Waals surface area contributed by atoms with Crippen LogP contribution in [0.1, 0.15) is 24.1 Å². The van der Waals surface area contributed by atoms with Gasteiger partial charge in [0.25, 0.3) is 5.56 Å². The lowest BCUT2D eigenvalue weighted by atomic mass is 10.0. The Morgan fingerprint density at radius 1 is 1.12 bits per heavy atom. The summed E-state index contributed by atoms with van der Waals surface area (Å²) >= 11 is 0. The van der Waals surface area contributed by atoms with E-state index in [1.807, 2.05) is 12.1 Å². The van der Waals surface area contributed by atoms with Crippen molar-refractivity contribution >= 4 is 5.95 Å². The first-order valence-corrected chi connectivity index (χ1v) is 8.09. The molecule has 124 valence electrons. The predicted molar refractivity (Wildman–Crippen MR) is 94.7 cm³/mol. The maximum Gasteiger partial charge on any atom is 0.254 e. The van der Waals surface area contributed by atoms with Crippen molar-refractivity contribution in [2.24, 2.45) is 7.05 Å². The van der Waals surface area contributed by atoms with Gasteiger partial charge in [-0.05, 0) is 43.4 Å². The van der Waals surface area contributed by atoms with Gasteiger partial charge in [0.15, 0.2) is 0 Å². The standard InChI is InChI=1S/C19H21N3O2/c1-22-18(23)13-16(21-19(22)20)6-3-2-5-14-8-10-15(11-9-14)17-7-4-12-24-17/h4,7-13H,2-3,5-6H2,1H3,(H2,20,21). The van der Waals surface area contributed by atoms with E-state index in [0.717, 1.165) is 42.7 Å². The smallest absolute Gasteiger partial charge is 0.254 e. The van der Waals surface area contributed by atoms with Gasteiger partial charge >= 0.3 is 0 Å². The highest BCUT2D eigenvalue weighted by Gasteiger charge is 2.03. The van der Waals surface area contributed by atoms with Crippen molar-refractivity contribution in [2.75, 3.05) is 5.73 Å². The predicted octanol–water partition coefficient (Wildman–Crippen LogP) is 3.19. The van der Waals surface area contributed by atoms with Crippen molar-refractivity contribution in [3.05, 3.63) is 70.3 Å². The Labute approximate surface area is 140 Å². The molecule has 0 fully saturated rings. The number of hydrogen-bond donors (Lipinski definition) is 1. The monoisotopic (exact) mass is 323 g/mol. The Bertz CT molecular complexity index is 849. The van der Waals surface area contributed by atoms with Crippen LogP contribution in [0.3, 0.4) is 0 Å². The molecule has 2 aromatic heterocycles. The average Bonchev–Trinajstić information content (AvgIpc) is 3.11. The number of anilines is 1. The third-order valence-corrected chi connectivity index (χ3v) is 4.13. The fraction of sp³-hybridized carbons (Fsp3) is 0.263. The van der Waals surface area contributed by atoms with Gasteiger partial charge < -0.3 is 10.2 Å². The number of rotatable bonds is 6. The lowest BCUT2D eigenvalue weighted by Gasteiger charge is -2.06. The van der Waals surface area contributed by atoms with Crippen LogP contribution in [0.5, 0.6) is 0 Å². The summed E-state index contributed by atoms with van der Waals surface area (Å²) in [7, 11) is 1.63. The zero-order chi connectivity index (χ0) is 16.9. The second-order valence-corrected chi connectivity index (χ2v) is 5.88. The second kappa shape index (κ2) is 7.17. The highest BCUT2D eigenvalue weighted by Crippen LogP contribution is 2.20. The van der Waals surface area contributed by atoms with Crippen molar-refractivity contribution in [2.45, 2.75) is 25.7 Å². The van der Waals surface area contributed by atoms with Gasteiger partial charge in [-0.1, -0.05) is 24.3 Å². The number of nitrogens with zero attached hydrogens (tertiary/aromatic N) is 2. The molecule has 0 radical (unpaired) electrons. The van der Waals surface area contributed by atoms with E-state index in [0.29, 0.717) is 0 Å². The summed E-state index contributed by atoms with van der Waals surface area (Å²) in [5, 5.41) is 0. The minimum atomic E-state index is -0.106. The van der Waals surface area contributed by atoms with E-state index < -0.39 is 0 Å². The number of nitrogens with two attached hydrogens (primary N) is 1. The first-order chi connectivity index (χ1) is 11.6. The number of nitrogen functional groups attached to an aromatic ring is 1.